The molecule has 3 aromatic rings. The number of hydrogen-bond acceptors (Lipinski definition) is 5. The first-order valence-electron chi connectivity index (χ1n) is 5.93. The van der Waals surface area contributed by atoms with Gasteiger partial charge in [-0.2, -0.15) is 10.1 Å². The zero-order valence-electron chi connectivity index (χ0n) is 10.7. The Morgan fingerprint density at radius 3 is 2.63 bits per heavy atom. The lowest BCUT2D eigenvalue weighted by atomic mass is 10.1. The molecule has 0 aromatic carbocycles. The summed E-state index contributed by atoms with van der Waals surface area (Å²) in [7, 11) is 0. The van der Waals surface area contributed by atoms with Crippen molar-refractivity contribution >= 4 is 0 Å². The van der Waals surface area contributed by atoms with E-state index in [1.165, 1.54) is 0 Å². The molecule has 0 spiro atoms. The van der Waals surface area contributed by atoms with Gasteiger partial charge in [-0.3, -0.25) is 0 Å². The molecule has 0 aliphatic rings. The van der Waals surface area contributed by atoms with E-state index in [2.05, 4.69) is 20.3 Å². The number of nitrogens with zero attached hydrogens (tertiary/aromatic N) is 5. The van der Waals surface area contributed by atoms with Gasteiger partial charge < -0.3 is 9.09 Å². The normalized spacial score (nSPS) is 11.7. The molecule has 0 bridgehead atoms. The van der Waals surface area contributed by atoms with Gasteiger partial charge in [0.1, 0.15) is 11.2 Å². The minimum atomic E-state index is -0.406. The van der Waals surface area contributed by atoms with Crippen LogP contribution in [0.2, 0.25) is 0 Å². The lowest BCUT2D eigenvalue weighted by molar-refractivity contribution is 0.278. The van der Waals surface area contributed by atoms with Crippen LogP contribution in [0.3, 0.4) is 0 Å². The fourth-order valence-corrected chi connectivity index (χ4v) is 1.81. The summed E-state index contributed by atoms with van der Waals surface area (Å²) in [5, 5.41) is 11.7. The zero-order valence-corrected chi connectivity index (χ0v) is 10.7. The van der Waals surface area contributed by atoms with Gasteiger partial charge in [-0.1, -0.05) is 5.16 Å². The first-order valence-corrected chi connectivity index (χ1v) is 5.93. The average molecular weight is 255 g/mol. The molecule has 0 radical (unpaired) electrons. The fraction of sp³-hybridized carbons (Fsp3) is 0.231. The minimum Gasteiger partial charge on any atom is -0.340 e. The van der Waals surface area contributed by atoms with Crippen LogP contribution in [0.25, 0.3) is 11.5 Å². The van der Waals surface area contributed by atoms with Crippen molar-refractivity contribution in [1.29, 1.82) is 0 Å². The first kappa shape index (κ1) is 11.6. The molecule has 0 aliphatic carbocycles. The van der Waals surface area contributed by atoms with E-state index >= 15 is 0 Å². The second-order valence-corrected chi connectivity index (χ2v) is 4.68. The molecule has 0 fully saturated rings. The molecule has 0 saturated carbocycles. The molecule has 6 heteroatoms. The van der Waals surface area contributed by atoms with Gasteiger partial charge in [0.2, 0.25) is 5.82 Å². The Balaban J connectivity index is 1.98. The molecule has 3 aromatic heterocycles. The highest BCUT2D eigenvalue weighted by atomic mass is 16.5. The van der Waals surface area contributed by atoms with E-state index < -0.39 is 5.54 Å². The highest BCUT2D eigenvalue weighted by Gasteiger charge is 2.29. The predicted molar refractivity (Wildman–Crippen MR) is 68.2 cm³/mol. The Hall–Kier alpha value is -2.50. The SMILES string of the molecule is CC(C)(c1nc(-c2cccnn2)no1)n1cccc1. The molecule has 0 saturated heterocycles. The Labute approximate surface area is 110 Å². The van der Waals surface area contributed by atoms with Crippen molar-refractivity contribution in [3.8, 4) is 11.5 Å². The van der Waals surface area contributed by atoms with Gasteiger partial charge >= 0.3 is 0 Å². The van der Waals surface area contributed by atoms with Gasteiger partial charge in [0.05, 0.1) is 0 Å². The zero-order chi connectivity index (χ0) is 13.3. The van der Waals surface area contributed by atoms with Crippen LogP contribution in [-0.4, -0.2) is 24.9 Å². The summed E-state index contributed by atoms with van der Waals surface area (Å²) in [5.74, 6) is 0.979. The van der Waals surface area contributed by atoms with Gasteiger partial charge in [-0.25, -0.2) is 0 Å². The smallest absolute Gasteiger partial charge is 0.252 e. The van der Waals surface area contributed by atoms with Crippen LogP contribution in [0.4, 0.5) is 0 Å². The Morgan fingerprint density at radius 1 is 1.16 bits per heavy atom. The van der Waals surface area contributed by atoms with Crippen LogP contribution < -0.4 is 0 Å². The van der Waals surface area contributed by atoms with E-state index in [1.54, 1.807) is 18.3 Å². The van der Waals surface area contributed by atoms with E-state index in [4.69, 9.17) is 4.52 Å². The van der Waals surface area contributed by atoms with Crippen molar-refractivity contribution in [2.24, 2.45) is 0 Å². The van der Waals surface area contributed by atoms with Gasteiger partial charge in [-0.15, -0.1) is 5.10 Å². The standard InChI is InChI=1S/C13H13N5O/c1-13(2,18-8-3-4-9-18)12-15-11(17-19-12)10-6-5-7-14-16-10/h3-9H,1-2H3. The van der Waals surface area contributed by atoms with Crippen molar-refractivity contribution in [2.75, 3.05) is 0 Å². The quantitative estimate of drug-likeness (QED) is 0.717. The van der Waals surface area contributed by atoms with E-state index in [1.807, 2.05) is 42.9 Å². The van der Waals surface area contributed by atoms with Crippen LogP contribution in [-0.2, 0) is 5.54 Å². The van der Waals surface area contributed by atoms with Gasteiger partial charge in [0.15, 0.2) is 0 Å². The minimum absolute atomic E-state index is 0.406. The summed E-state index contributed by atoms with van der Waals surface area (Å²) in [4.78, 5) is 4.41. The van der Waals surface area contributed by atoms with E-state index in [9.17, 15) is 0 Å². The average Bonchev–Trinajstić information content (AvgIpc) is 3.12. The third-order valence-electron chi connectivity index (χ3n) is 3.00. The van der Waals surface area contributed by atoms with Crippen LogP contribution >= 0.6 is 0 Å². The van der Waals surface area contributed by atoms with Crippen LogP contribution in [0.5, 0.6) is 0 Å². The summed E-state index contributed by atoms with van der Waals surface area (Å²) in [6.45, 7) is 4.03. The number of rotatable bonds is 3. The van der Waals surface area contributed by atoms with Crippen molar-refractivity contribution in [3.63, 3.8) is 0 Å². The lowest BCUT2D eigenvalue weighted by Gasteiger charge is -2.22. The molecule has 3 heterocycles. The topological polar surface area (TPSA) is 69.6 Å². The Morgan fingerprint density at radius 2 is 1.95 bits per heavy atom. The largest absolute Gasteiger partial charge is 0.340 e. The molecule has 96 valence electrons. The van der Waals surface area contributed by atoms with Gasteiger partial charge in [0.25, 0.3) is 5.89 Å². The molecule has 0 atom stereocenters. The molecule has 0 N–H and O–H groups in total. The second kappa shape index (κ2) is 4.31. The summed E-state index contributed by atoms with van der Waals surface area (Å²) < 4.78 is 7.37. The summed E-state index contributed by atoms with van der Waals surface area (Å²) in [6.07, 6.45) is 5.53. The highest BCUT2D eigenvalue weighted by molar-refractivity contribution is 5.46. The fourth-order valence-electron chi connectivity index (χ4n) is 1.81. The molecule has 6 nitrogen and oxygen atoms in total. The third-order valence-corrected chi connectivity index (χ3v) is 3.00. The molecule has 0 aliphatic heterocycles. The summed E-state index contributed by atoms with van der Waals surface area (Å²) >= 11 is 0. The van der Waals surface area contributed by atoms with E-state index in [0.29, 0.717) is 17.4 Å². The molecule has 19 heavy (non-hydrogen) atoms. The van der Waals surface area contributed by atoms with Crippen LogP contribution in [0.1, 0.15) is 19.7 Å². The predicted octanol–water partition coefficient (Wildman–Crippen LogP) is 2.11. The number of hydrogen-bond donors (Lipinski definition) is 0. The summed E-state index contributed by atoms with van der Waals surface area (Å²) in [5.41, 5.74) is 0.192. The van der Waals surface area contributed by atoms with Gasteiger partial charge in [0, 0.05) is 18.6 Å². The maximum absolute atomic E-state index is 5.36. The molecule has 0 unspecified atom stereocenters. The Bertz CT molecular complexity index is 657. The van der Waals surface area contributed by atoms with Crippen LogP contribution in [0, 0.1) is 0 Å². The second-order valence-electron chi connectivity index (χ2n) is 4.68. The lowest BCUT2D eigenvalue weighted by Crippen LogP contribution is -2.26. The number of aromatic nitrogens is 5. The van der Waals surface area contributed by atoms with E-state index in [0.717, 1.165) is 0 Å². The van der Waals surface area contributed by atoms with Crippen molar-refractivity contribution in [1.82, 2.24) is 24.9 Å². The molecule has 3 rings (SSSR count). The van der Waals surface area contributed by atoms with Crippen molar-refractivity contribution < 1.29 is 4.52 Å². The van der Waals surface area contributed by atoms with Crippen LogP contribution in [0.15, 0.2) is 47.4 Å². The van der Waals surface area contributed by atoms with E-state index in [-0.39, 0.29) is 0 Å². The molecular weight excluding hydrogens is 242 g/mol. The first-order chi connectivity index (χ1) is 9.18. The van der Waals surface area contributed by atoms with Gasteiger partial charge in [-0.05, 0) is 38.1 Å². The maximum Gasteiger partial charge on any atom is 0.252 e. The maximum atomic E-state index is 5.36. The monoisotopic (exact) mass is 255 g/mol. The third kappa shape index (κ3) is 2.01. The Kier molecular flexibility index (Phi) is 2.63. The molecule has 0 amide bonds. The molecular formula is C13H13N5O. The highest BCUT2D eigenvalue weighted by Crippen LogP contribution is 2.25. The van der Waals surface area contributed by atoms with Crippen molar-refractivity contribution in [2.45, 2.75) is 19.4 Å². The van der Waals surface area contributed by atoms with Crippen molar-refractivity contribution in [3.05, 3.63) is 48.7 Å². The summed E-state index contributed by atoms with van der Waals surface area (Å²) in [6, 6.07) is 7.50.